The van der Waals surface area contributed by atoms with E-state index in [1.54, 1.807) is 0 Å². The second-order valence-electron chi connectivity index (χ2n) is 4.79. The highest BCUT2D eigenvalue weighted by atomic mass is 19.4. The number of hydrogen-bond acceptors (Lipinski definition) is 6. The van der Waals surface area contributed by atoms with Gasteiger partial charge < -0.3 is 28.4 Å². The third-order valence-electron chi connectivity index (χ3n) is 2.39. The number of halogens is 6. The van der Waals surface area contributed by atoms with E-state index in [0.717, 1.165) is 0 Å². The van der Waals surface area contributed by atoms with Gasteiger partial charge in [0.05, 0.1) is 66.1 Å². The zero-order valence-corrected chi connectivity index (χ0v) is 14.2. The Morgan fingerprint density at radius 1 is 0.346 bits per heavy atom. The van der Waals surface area contributed by atoms with Gasteiger partial charge in [0.25, 0.3) is 0 Å². The van der Waals surface area contributed by atoms with E-state index < -0.39 is 25.6 Å². The van der Waals surface area contributed by atoms with E-state index in [4.69, 9.17) is 18.9 Å². The summed E-state index contributed by atoms with van der Waals surface area (Å²) in [6, 6.07) is 0. The molecule has 0 amide bonds. The Morgan fingerprint density at radius 3 is 0.731 bits per heavy atom. The van der Waals surface area contributed by atoms with Crippen LogP contribution in [-0.4, -0.2) is 91.6 Å². The summed E-state index contributed by atoms with van der Waals surface area (Å²) in [6.45, 7) is -1.26. The molecule has 0 unspecified atom stereocenters. The minimum Gasteiger partial charge on any atom is -0.377 e. The van der Waals surface area contributed by atoms with Gasteiger partial charge in [0, 0.05) is 0 Å². The van der Waals surface area contributed by atoms with Gasteiger partial charge in [-0.15, -0.1) is 0 Å². The van der Waals surface area contributed by atoms with Gasteiger partial charge in [-0.05, 0) is 0 Å². The van der Waals surface area contributed by atoms with Gasteiger partial charge in [0.1, 0.15) is 13.2 Å². The maximum Gasteiger partial charge on any atom is 0.411 e. The monoisotopic (exact) mass is 402 g/mol. The van der Waals surface area contributed by atoms with Crippen molar-refractivity contribution in [3.05, 3.63) is 0 Å². The first-order chi connectivity index (χ1) is 12.2. The van der Waals surface area contributed by atoms with Crippen LogP contribution in [0.4, 0.5) is 26.3 Å². The highest BCUT2D eigenvalue weighted by Gasteiger charge is 2.27. The van der Waals surface area contributed by atoms with Gasteiger partial charge in [0.2, 0.25) is 0 Å². The summed E-state index contributed by atoms with van der Waals surface area (Å²) in [7, 11) is 0. The van der Waals surface area contributed by atoms with Crippen molar-refractivity contribution in [3.8, 4) is 0 Å². The lowest BCUT2D eigenvalue weighted by atomic mass is 10.6. The Kier molecular flexibility index (Phi) is 15.0. The fourth-order valence-electron chi connectivity index (χ4n) is 1.37. The smallest absolute Gasteiger partial charge is 0.377 e. The number of rotatable bonds is 17. The van der Waals surface area contributed by atoms with Crippen LogP contribution < -0.4 is 0 Å². The van der Waals surface area contributed by atoms with Gasteiger partial charge in [-0.1, -0.05) is 0 Å². The van der Waals surface area contributed by atoms with Crippen molar-refractivity contribution in [2.45, 2.75) is 12.4 Å². The highest BCUT2D eigenvalue weighted by molar-refractivity contribution is 4.46. The Morgan fingerprint density at radius 2 is 0.538 bits per heavy atom. The molecule has 0 spiro atoms. The number of hydrogen-bond donors (Lipinski definition) is 0. The van der Waals surface area contributed by atoms with Crippen molar-refractivity contribution in [2.75, 3.05) is 79.3 Å². The van der Waals surface area contributed by atoms with Crippen LogP contribution in [0.25, 0.3) is 0 Å². The molecule has 0 aliphatic heterocycles. The molecular formula is C14H24F6O6. The van der Waals surface area contributed by atoms with E-state index in [-0.39, 0.29) is 52.9 Å². The Labute approximate surface area is 147 Å². The van der Waals surface area contributed by atoms with Crippen molar-refractivity contribution in [1.29, 1.82) is 0 Å². The van der Waals surface area contributed by atoms with E-state index in [9.17, 15) is 26.3 Å². The minimum atomic E-state index is -4.34. The fourth-order valence-corrected chi connectivity index (χ4v) is 1.37. The number of ether oxygens (including phenoxy) is 6. The lowest BCUT2D eigenvalue weighted by molar-refractivity contribution is -0.177. The van der Waals surface area contributed by atoms with Gasteiger partial charge in [-0.2, -0.15) is 26.3 Å². The normalized spacial score (nSPS) is 12.7. The first-order valence-corrected chi connectivity index (χ1v) is 7.81. The van der Waals surface area contributed by atoms with Crippen LogP contribution in [0.15, 0.2) is 0 Å². The maximum atomic E-state index is 11.7. The van der Waals surface area contributed by atoms with Gasteiger partial charge in [-0.25, -0.2) is 0 Å². The van der Waals surface area contributed by atoms with Gasteiger partial charge >= 0.3 is 12.4 Å². The lowest BCUT2D eigenvalue weighted by Gasteiger charge is -2.09. The summed E-state index contributed by atoms with van der Waals surface area (Å²) in [5, 5.41) is 0. The zero-order valence-electron chi connectivity index (χ0n) is 14.2. The standard InChI is InChI=1S/C14H24F6O6/c15-13(16,17)11-25-9-7-23-5-3-21-1-2-22-4-6-24-8-10-26-12-14(18,19)20/h1-12H2. The van der Waals surface area contributed by atoms with E-state index in [1.165, 1.54) is 0 Å². The summed E-state index contributed by atoms with van der Waals surface area (Å²) in [5.74, 6) is 0. The molecule has 0 atom stereocenters. The minimum absolute atomic E-state index is 0.0416. The van der Waals surface area contributed by atoms with Gasteiger partial charge in [0.15, 0.2) is 0 Å². The van der Waals surface area contributed by atoms with Crippen LogP contribution in [0.2, 0.25) is 0 Å². The van der Waals surface area contributed by atoms with E-state index in [2.05, 4.69) is 9.47 Å². The van der Waals surface area contributed by atoms with Crippen LogP contribution in [0, 0.1) is 0 Å². The quantitative estimate of drug-likeness (QED) is 0.275. The second-order valence-corrected chi connectivity index (χ2v) is 4.79. The molecule has 0 fully saturated rings. The van der Waals surface area contributed by atoms with Crippen molar-refractivity contribution < 1.29 is 54.8 Å². The van der Waals surface area contributed by atoms with Crippen LogP contribution >= 0.6 is 0 Å². The summed E-state index contributed by atoms with van der Waals surface area (Å²) in [5.41, 5.74) is 0. The lowest BCUT2D eigenvalue weighted by Crippen LogP contribution is -2.19. The molecule has 0 aromatic rings. The topological polar surface area (TPSA) is 55.4 Å². The molecule has 12 heteroatoms. The first-order valence-electron chi connectivity index (χ1n) is 7.81. The first kappa shape index (κ1) is 25.3. The van der Waals surface area contributed by atoms with E-state index >= 15 is 0 Å². The summed E-state index contributed by atoms with van der Waals surface area (Å²) in [4.78, 5) is 0. The molecule has 0 rings (SSSR count). The van der Waals surface area contributed by atoms with E-state index in [1.807, 2.05) is 0 Å². The summed E-state index contributed by atoms with van der Waals surface area (Å²) >= 11 is 0. The summed E-state index contributed by atoms with van der Waals surface area (Å²) < 4.78 is 99.4. The molecule has 0 heterocycles. The Hall–Kier alpha value is -0.660. The maximum absolute atomic E-state index is 11.7. The molecule has 0 aliphatic rings. The molecular weight excluding hydrogens is 378 g/mol. The molecule has 158 valence electrons. The summed E-state index contributed by atoms with van der Waals surface area (Å²) in [6.07, 6.45) is -8.68. The van der Waals surface area contributed by atoms with Crippen molar-refractivity contribution in [1.82, 2.24) is 0 Å². The predicted octanol–water partition coefficient (Wildman–Crippen LogP) is 2.21. The molecule has 0 N–H and O–H groups in total. The van der Waals surface area contributed by atoms with Gasteiger partial charge in [-0.3, -0.25) is 0 Å². The van der Waals surface area contributed by atoms with Crippen molar-refractivity contribution >= 4 is 0 Å². The largest absolute Gasteiger partial charge is 0.411 e. The third-order valence-corrected chi connectivity index (χ3v) is 2.39. The van der Waals surface area contributed by atoms with Crippen molar-refractivity contribution in [2.24, 2.45) is 0 Å². The molecule has 26 heavy (non-hydrogen) atoms. The van der Waals surface area contributed by atoms with E-state index in [0.29, 0.717) is 13.2 Å². The predicted molar refractivity (Wildman–Crippen MR) is 77.0 cm³/mol. The van der Waals surface area contributed by atoms with Crippen molar-refractivity contribution in [3.63, 3.8) is 0 Å². The fraction of sp³-hybridized carbons (Fsp3) is 1.00. The zero-order chi connectivity index (χ0) is 19.7. The molecule has 0 saturated carbocycles. The van der Waals surface area contributed by atoms with Crippen LogP contribution in [0.3, 0.4) is 0 Å². The Balaban J connectivity index is 3.07. The van der Waals surface area contributed by atoms with Crippen LogP contribution in [-0.2, 0) is 28.4 Å². The Bertz CT molecular complexity index is 283. The average molecular weight is 402 g/mol. The average Bonchev–Trinajstić information content (AvgIpc) is 2.51. The molecule has 0 aromatic heterocycles. The molecule has 0 saturated heterocycles. The number of alkyl halides is 6. The molecule has 0 aliphatic carbocycles. The molecule has 6 nitrogen and oxygen atoms in total. The van der Waals surface area contributed by atoms with Crippen LogP contribution in [0.1, 0.15) is 0 Å². The highest BCUT2D eigenvalue weighted by Crippen LogP contribution is 2.14. The SMILES string of the molecule is FC(F)(F)COCCOCCOCCOCCOCCOCC(F)(F)F. The molecule has 0 radical (unpaired) electrons. The van der Waals surface area contributed by atoms with Crippen LogP contribution in [0.5, 0.6) is 0 Å². The third kappa shape index (κ3) is 23.3. The molecule has 0 bridgehead atoms. The second kappa shape index (κ2) is 15.4. The molecule has 0 aromatic carbocycles.